The monoisotopic (exact) mass is 300 g/mol. The molecule has 2 aliphatic rings. The van der Waals surface area contributed by atoms with E-state index in [9.17, 15) is 5.26 Å². The van der Waals surface area contributed by atoms with E-state index in [1.165, 1.54) is 13.0 Å². The first-order chi connectivity index (χ1) is 10.7. The molecule has 0 aromatic carbocycles. The van der Waals surface area contributed by atoms with Crippen molar-refractivity contribution in [1.29, 1.82) is 5.26 Å². The van der Waals surface area contributed by atoms with Gasteiger partial charge >= 0.3 is 0 Å². The number of nitrogens with one attached hydrogen (secondary N) is 1. The summed E-state index contributed by atoms with van der Waals surface area (Å²) in [5, 5.41) is 12.7. The summed E-state index contributed by atoms with van der Waals surface area (Å²) in [4.78, 5) is 7.02. The Bertz CT molecular complexity index is 540. The number of hydrogen-bond donors (Lipinski definition) is 1. The number of nitriles is 1. The number of likely N-dealkylation sites (tertiary alicyclic amines) is 1. The second-order valence-corrected chi connectivity index (χ2v) is 6.41. The lowest BCUT2D eigenvalue weighted by Gasteiger charge is -2.34. The third-order valence-electron chi connectivity index (χ3n) is 4.62. The van der Waals surface area contributed by atoms with E-state index >= 15 is 0 Å². The highest BCUT2D eigenvalue weighted by atomic mass is 16.5. The minimum atomic E-state index is 0.414. The Morgan fingerprint density at radius 3 is 2.86 bits per heavy atom. The molecule has 0 bridgehead atoms. The lowest BCUT2D eigenvalue weighted by atomic mass is 10.0. The van der Waals surface area contributed by atoms with Crippen LogP contribution in [0.2, 0.25) is 0 Å². The van der Waals surface area contributed by atoms with Crippen LogP contribution in [0.5, 0.6) is 0 Å². The van der Waals surface area contributed by atoms with Gasteiger partial charge in [-0.3, -0.25) is 0 Å². The van der Waals surface area contributed by atoms with Crippen LogP contribution in [0.4, 0.5) is 5.82 Å². The lowest BCUT2D eigenvalue weighted by Crippen LogP contribution is -2.41. The van der Waals surface area contributed by atoms with Crippen molar-refractivity contribution >= 4 is 5.82 Å². The SMILES string of the molecule is Cc1ccc(C#N)c(NC2CCN(CC3CCOC3)CC2)n1. The summed E-state index contributed by atoms with van der Waals surface area (Å²) in [6.45, 7) is 7.21. The highest BCUT2D eigenvalue weighted by Gasteiger charge is 2.24. The Balaban J connectivity index is 1.51. The standard InChI is InChI=1S/C17H24N4O/c1-13-2-3-15(10-18)17(19-13)20-16-4-7-21(8-5-16)11-14-6-9-22-12-14/h2-3,14,16H,4-9,11-12H2,1H3,(H,19,20). The zero-order valence-corrected chi connectivity index (χ0v) is 13.2. The van der Waals surface area contributed by atoms with E-state index in [0.717, 1.165) is 50.7 Å². The van der Waals surface area contributed by atoms with Crippen LogP contribution in [0.15, 0.2) is 12.1 Å². The molecule has 1 atom stereocenters. The molecule has 3 heterocycles. The lowest BCUT2D eigenvalue weighted by molar-refractivity contribution is 0.154. The molecule has 0 amide bonds. The van der Waals surface area contributed by atoms with Crippen molar-refractivity contribution in [1.82, 2.24) is 9.88 Å². The number of piperidine rings is 1. The summed E-state index contributed by atoms with van der Waals surface area (Å²) in [5.41, 5.74) is 1.58. The Labute approximate surface area is 132 Å². The van der Waals surface area contributed by atoms with E-state index in [0.29, 0.717) is 17.5 Å². The predicted molar refractivity (Wildman–Crippen MR) is 85.7 cm³/mol. The van der Waals surface area contributed by atoms with Gasteiger partial charge in [0.05, 0.1) is 12.2 Å². The van der Waals surface area contributed by atoms with Crippen LogP contribution >= 0.6 is 0 Å². The molecule has 118 valence electrons. The molecular weight excluding hydrogens is 276 g/mol. The average Bonchev–Trinajstić information content (AvgIpc) is 3.02. The minimum Gasteiger partial charge on any atom is -0.381 e. The van der Waals surface area contributed by atoms with Gasteiger partial charge in [0.1, 0.15) is 11.9 Å². The molecule has 2 fully saturated rings. The second-order valence-electron chi connectivity index (χ2n) is 6.41. The minimum absolute atomic E-state index is 0.414. The number of nitrogens with zero attached hydrogens (tertiary/aromatic N) is 3. The van der Waals surface area contributed by atoms with E-state index in [1.54, 1.807) is 0 Å². The summed E-state index contributed by atoms with van der Waals surface area (Å²) >= 11 is 0. The van der Waals surface area contributed by atoms with Crippen molar-refractivity contribution in [3.8, 4) is 6.07 Å². The maximum atomic E-state index is 9.19. The summed E-state index contributed by atoms with van der Waals surface area (Å²) < 4.78 is 5.46. The smallest absolute Gasteiger partial charge is 0.144 e. The largest absolute Gasteiger partial charge is 0.381 e. The number of pyridine rings is 1. The van der Waals surface area contributed by atoms with Crippen LogP contribution in [0, 0.1) is 24.2 Å². The first-order valence-electron chi connectivity index (χ1n) is 8.19. The van der Waals surface area contributed by atoms with Crippen molar-refractivity contribution in [2.45, 2.75) is 32.2 Å². The van der Waals surface area contributed by atoms with Gasteiger partial charge in [-0.25, -0.2) is 4.98 Å². The highest BCUT2D eigenvalue weighted by molar-refractivity contribution is 5.52. The Hall–Kier alpha value is -1.64. The van der Waals surface area contributed by atoms with E-state index in [-0.39, 0.29) is 0 Å². The molecule has 1 aromatic heterocycles. The number of ether oxygens (including phenoxy) is 1. The molecule has 1 unspecified atom stereocenters. The zero-order valence-electron chi connectivity index (χ0n) is 13.2. The fraction of sp³-hybridized carbons (Fsp3) is 0.647. The van der Waals surface area contributed by atoms with Crippen molar-refractivity contribution in [3.05, 3.63) is 23.4 Å². The molecule has 0 radical (unpaired) electrons. The molecule has 1 aromatic rings. The van der Waals surface area contributed by atoms with Gasteiger partial charge in [0.25, 0.3) is 0 Å². The van der Waals surface area contributed by atoms with Crippen LogP contribution in [0.1, 0.15) is 30.5 Å². The summed E-state index contributed by atoms with van der Waals surface area (Å²) in [7, 11) is 0. The first kappa shape index (κ1) is 15.3. The molecule has 22 heavy (non-hydrogen) atoms. The number of anilines is 1. The molecule has 5 nitrogen and oxygen atoms in total. The molecule has 5 heteroatoms. The third-order valence-corrected chi connectivity index (χ3v) is 4.62. The van der Waals surface area contributed by atoms with Crippen LogP contribution < -0.4 is 5.32 Å². The maximum absolute atomic E-state index is 9.19. The van der Waals surface area contributed by atoms with Gasteiger partial charge in [0.2, 0.25) is 0 Å². The molecule has 3 rings (SSSR count). The topological polar surface area (TPSA) is 61.2 Å². The third kappa shape index (κ3) is 3.76. The van der Waals surface area contributed by atoms with Gasteiger partial charge in [0.15, 0.2) is 0 Å². The van der Waals surface area contributed by atoms with Gasteiger partial charge in [-0.05, 0) is 44.2 Å². The van der Waals surface area contributed by atoms with Crippen molar-refractivity contribution < 1.29 is 4.74 Å². The molecular formula is C17H24N4O. The summed E-state index contributed by atoms with van der Waals surface area (Å²) in [5.74, 6) is 1.46. The van der Waals surface area contributed by atoms with Gasteiger partial charge in [0, 0.05) is 38.0 Å². The molecule has 2 aliphatic heterocycles. The molecule has 1 N–H and O–H groups in total. The van der Waals surface area contributed by atoms with Gasteiger partial charge in [-0.15, -0.1) is 0 Å². The fourth-order valence-corrected chi connectivity index (χ4v) is 3.30. The van der Waals surface area contributed by atoms with Gasteiger partial charge in [-0.1, -0.05) is 0 Å². The van der Waals surface area contributed by atoms with E-state index < -0.39 is 0 Å². The Kier molecular flexibility index (Phi) is 4.91. The molecule has 2 saturated heterocycles. The average molecular weight is 300 g/mol. The first-order valence-corrected chi connectivity index (χ1v) is 8.19. The Morgan fingerprint density at radius 1 is 1.36 bits per heavy atom. The van der Waals surface area contributed by atoms with Gasteiger partial charge in [-0.2, -0.15) is 5.26 Å². The van der Waals surface area contributed by atoms with Crippen molar-refractivity contribution in [3.63, 3.8) is 0 Å². The van der Waals surface area contributed by atoms with Crippen molar-refractivity contribution in [2.24, 2.45) is 5.92 Å². The summed E-state index contributed by atoms with van der Waals surface area (Å²) in [6.07, 6.45) is 3.42. The van der Waals surface area contributed by atoms with Crippen LogP contribution in [-0.4, -0.2) is 48.8 Å². The zero-order chi connectivity index (χ0) is 15.4. The highest BCUT2D eigenvalue weighted by Crippen LogP contribution is 2.21. The molecule has 0 saturated carbocycles. The fourth-order valence-electron chi connectivity index (χ4n) is 3.30. The van der Waals surface area contributed by atoms with E-state index in [1.807, 2.05) is 19.1 Å². The van der Waals surface area contributed by atoms with Crippen LogP contribution in [-0.2, 0) is 4.74 Å². The summed E-state index contributed by atoms with van der Waals surface area (Å²) in [6, 6.07) is 6.37. The number of aromatic nitrogens is 1. The quantitative estimate of drug-likeness (QED) is 0.923. The molecule has 0 aliphatic carbocycles. The van der Waals surface area contributed by atoms with Crippen molar-refractivity contribution in [2.75, 3.05) is 38.2 Å². The van der Waals surface area contributed by atoms with Crippen LogP contribution in [0.25, 0.3) is 0 Å². The Morgan fingerprint density at radius 2 is 2.18 bits per heavy atom. The number of hydrogen-bond acceptors (Lipinski definition) is 5. The number of aryl methyl sites for hydroxylation is 1. The van der Waals surface area contributed by atoms with Gasteiger partial charge < -0.3 is 15.0 Å². The van der Waals surface area contributed by atoms with E-state index in [4.69, 9.17) is 4.74 Å². The number of rotatable bonds is 4. The normalized spacial score (nSPS) is 23.4. The van der Waals surface area contributed by atoms with E-state index in [2.05, 4.69) is 21.3 Å². The predicted octanol–water partition coefficient (Wildman–Crippen LogP) is 2.17. The van der Waals surface area contributed by atoms with Crippen LogP contribution in [0.3, 0.4) is 0 Å². The second kappa shape index (κ2) is 7.08. The maximum Gasteiger partial charge on any atom is 0.144 e. The molecule has 0 spiro atoms.